The number of ether oxygens (including phenoxy) is 1. The Labute approximate surface area is 127 Å². The number of nitrogens with one attached hydrogen (secondary N) is 1. The first-order chi connectivity index (χ1) is 9.99. The van der Waals surface area contributed by atoms with Crippen LogP contribution >= 0.6 is 0 Å². The summed E-state index contributed by atoms with van der Waals surface area (Å²) in [5.41, 5.74) is 8.02. The highest BCUT2D eigenvalue weighted by Crippen LogP contribution is 2.31. The molecule has 0 spiro atoms. The fourth-order valence-corrected chi connectivity index (χ4v) is 3.05. The number of hydrogen-bond acceptors (Lipinski definition) is 3. The van der Waals surface area contributed by atoms with Gasteiger partial charge in [0.05, 0.1) is 11.2 Å². The molecule has 2 rings (SSSR count). The number of anilines is 1. The van der Waals surface area contributed by atoms with Crippen molar-refractivity contribution < 1.29 is 9.53 Å². The molecule has 1 atom stereocenters. The lowest BCUT2D eigenvalue weighted by molar-refractivity contribution is -0.0917. The van der Waals surface area contributed by atoms with Gasteiger partial charge in [0.2, 0.25) is 0 Å². The first kappa shape index (κ1) is 15.8. The molecule has 1 fully saturated rings. The Balaban J connectivity index is 2.05. The van der Waals surface area contributed by atoms with E-state index in [4.69, 9.17) is 10.5 Å². The van der Waals surface area contributed by atoms with Crippen LogP contribution in [-0.2, 0) is 4.74 Å². The van der Waals surface area contributed by atoms with E-state index in [0.717, 1.165) is 31.2 Å². The molecular weight excluding hydrogens is 264 g/mol. The van der Waals surface area contributed by atoms with E-state index in [9.17, 15) is 4.79 Å². The summed E-state index contributed by atoms with van der Waals surface area (Å²) in [5, 5.41) is 3.12. The van der Waals surface area contributed by atoms with E-state index >= 15 is 0 Å². The third-order valence-corrected chi connectivity index (χ3v) is 4.57. The molecule has 0 saturated carbocycles. The number of aryl methyl sites for hydroxylation is 1. The largest absolute Gasteiger partial charge is 0.398 e. The van der Waals surface area contributed by atoms with E-state index in [1.165, 1.54) is 0 Å². The number of rotatable bonds is 4. The Morgan fingerprint density at radius 3 is 2.76 bits per heavy atom. The monoisotopic (exact) mass is 290 g/mol. The summed E-state index contributed by atoms with van der Waals surface area (Å²) in [5.74, 6) is -0.0829. The molecule has 1 unspecified atom stereocenters. The average Bonchev–Trinajstić information content (AvgIpc) is 2.47. The second-order valence-corrected chi connectivity index (χ2v) is 5.99. The maximum atomic E-state index is 12.4. The molecule has 0 aromatic heterocycles. The average molecular weight is 290 g/mol. The summed E-state index contributed by atoms with van der Waals surface area (Å²) < 4.78 is 5.94. The van der Waals surface area contributed by atoms with Crippen LogP contribution in [-0.4, -0.2) is 24.2 Å². The van der Waals surface area contributed by atoms with Crippen molar-refractivity contribution in [3.05, 3.63) is 29.3 Å². The van der Waals surface area contributed by atoms with Crippen LogP contribution in [0.5, 0.6) is 0 Å². The standard InChI is InChI=1S/C17H26N2O2/c1-4-17(5-2)11-13(8-9-21-17)19-16(20)14-7-6-12(3)10-15(14)18/h6-7,10,13H,4-5,8-9,11,18H2,1-3H3,(H,19,20). The van der Waals surface area contributed by atoms with E-state index in [-0.39, 0.29) is 17.6 Å². The molecule has 116 valence electrons. The van der Waals surface area contributed by atoms with Gasteiger partial charge in [-0.2, -0.15) is 0 Å². The molecule has 4 nitrogen and oxygen atoms in total. The molecule has 0 bridgehead atoms. The van der Waals surface area contributed by atoms with Crippen molar-refractivity contribution in [2.75, 3.05) is 12.3 Å². The van der Waals surface area contributed by atoms with Crippen molar-refractivity contribution in [1.29, 1.82) is 0 Å². The van der Waals surface area contributed by atoms with Crippen molar-refractivity contribution in [2.24, 2.45) is 0 Å². The molecule has 1 saturated heterocycles. The Kier molecular flexibility index (Phi) is 4.88. The Morgan fingerprint density at radius 1 is 1.43 bits per heavy atom. The Morgan fingerprint density at radius 2 is 2.14 bits per heavy atom. The van der Waals surface area contributed by atoms with Gasteiger partial charge >= 0.3 is 0 Å². The van der Waals surface area contributed by atoms with Gasteiger partial charge in [-0.1, -0.05) is 19.9 Å². The van der Waals surface area contributed by atoms with Crippen LogP contribution in [0.2, 0.25) is 0 Å². The lowest BCUT2D eigenvalue weighted by Gasteiger charge is -2.40. The maximum Gasteiger partial charge on any atom is 0.253 e. The summed E-state index contributed by atoms with van der Waals surface area (Å²) in [4.78, 5) is 12.4. The van der Waals surface area contributed by atoms with Gasteiger partial charge in [-0.3, -0.25) is 4.79 Å². The van der Waals surface area contributed by atoms with Gasteiger partial charge in [-0.05, 0) is 50.3 Å². The van der Waals surface area contributed by atoms with Crippen molar-refractivity contribution >= 4 is 11.6 Å². The number of carbonyl (C=O) groups excluding carboxylic acids is 1. The quantitative estimate of drug-likeness (QED) is 0.838. The van der Waals surface area contributed by atoms with Crippen molar-refractivity contribution in [3.8, 4) is 0 Å². The first-order valence-electron chi connectivity index (χ1n) is 7.80. The van der Waals surface area contributed by atoms with Crippen LogP contribution in [0, 0.1) is 6.92 Å². The van der Waals surface area contributed by atoms with E-state index in [2.05, 4.69) is 19.2 Å². The van der Waals surface area contributed by atoms with Gasteiger partial charge in [0.15, 0.2) is 0 Å². The normalized spacial score (nSPS) is 21.0. The smallest absolute Gasteiger partial charge is 0.253 e. The minimum atomic E-state index is -0.0883. The summed E-state index contributed by atoms with van der Waals surface area (Å²) >= 11 is 0. The highest BCUT2D eigenvalue weighted by Gasteiger charge is 2.35. The predicted molar refractivity (Wildman–Crippen MR) is 85.3 cm³/mol. The van der Waals surface area contributed by atoms with Crippen LogP contribution in [0.15, 0.2) is 18.2 Å². The highest BCUT2D eigenvalue weighted by atomic mass is 16.5. The van der Waals surface area contributed by atoms with Crippen LogP contribution in [0.25, 0.3) is 0 Å². The zero-order valence-corrected chi connectivity index (χ0v) is 13.2. The van der Waals surface area contributed by atoms with Gasteiger partial charge in [0.1, 0.15) is 0 Å². The highest BCUT2D eigenvalue weighted by molar-refractivity contribution is 5.99. The van der Waals surface area contributed by atoms with E-state index < -0.39 is 0 Å². The van der Waals surface area contributed by atoms with Crippen molar-refractivity contribution in [3.63, 3.8) is 0 Å². The molecule has 1 aliphatic heterocycles. The molecule has 1 aromatic rings. The Hall–Kier alpha value is -1.55. The van der Waals surface area contributed by atoms with E-state index in [1.807, 2.05) is 19.1 Å². The van der Waals surface area contributed by atoms with Gasteiger partial charge in [0.25, 0.3) is 5.91 Å². The minimum Gasteiger partial charge on any atom is -0.398 e. The van der Waals surface area contributed by atoms with Crippen LogP contribution in [0.3, 0.4) is 0 Å². The molecule has 1 heterocycles. The number of nitrogens with two attached hydrogens (primary N) is 1. The maximum absolute atomic E-state index is 12.4. The third kappa shape index (κ3) is 3.56. The van der Waals surface area contributed by atoms with Crippen LogP contribution < -0.4 is 11.1 Å². The molecule has 1 aliphatic rings. The summed E-state index contributed by atoms with van der Waals surface area (Å²) in [6.45, 7) is 6.96. The molecule has 21 heavy (non-hydrogen) atoms. The molecule has 1 amide bonds. The molecular formula is C17H26N2O2. The Bertz CT molecular complexity index is 510. The molecule has 0 radical (unpaired) electrons. The number of carbonyl (C=O) groups is 1. The number of nitrogen functional groups attached to an aromatic ring is 1. The SMILES string of the molecule is CCC1(CC)CC(NC(=O)c2ccc(C)cc2N)CCO1. The van der Waals surface area contributed by atoms with Gasteiger partial charge in [-0.15, -0.1) is 0 Å². The minimum absolute atomic E-state index is 0.0829. The zero-order chi connectivity index (χ0) is 15.5. The second kappa shape index (κ2) is 6.48. The van der Waals surface area contributed by atoms with E-state index in [0.29, 0.717) is 17.9 Å². The van der Waals surface area contributed by atoms with Gasteiger partial charge in [-0.25, -0.2) is 0 Å². The zero-order valence-electron chi connectivity index (χ0n) is 13.2. The first-order valence-corrected chi connectivity index (χ1v) is 7.80. The van der Waals surface area contributed by atoms with Crippen molar-refractivity contribution in [2.45, 2.75) is 58.1 Å². The van der Waals surface area contributed by atoms with Gasteiger partial charge < -0.3 is 15.8 Å². The molecule has 4 heteroatoms. The fraction of sp³-hybridized carbons (Fsp3) is 0.588. The summed E-state index contributed by atoms with van der Waals surface area (Å²) in [7, 11) is 0. The number of benzene rings is 1. The fourth-order valence-electron chi connectivity index (χ4n) is 3.05. The molecule has 0 aliphatic carbocycles. The lowest BCUT2D eigenvalue weighted by Crippen LogP contribution is -2.48. The number of hydrogen-bond donors (Lipinski definition) is 2. The van der Waals surface area contributed by atoms with Crippen LogP contribution in [0.1, 0.15) is 55.5 Å². The molecule has 3 N–H and O–H groups in total. The lowest BCUT2D eigenvalue weighted by atomic mass is 9.86. The van der Waals surface area contributed by atoms with E-state index in [1.54, 1.807) is 6.07 Å². The third-order valence-electron chi connectivity index (χ3n) is 4.57. The van der Waals surface area contributed by atoms with Gasteiger partial charge in [0, 0.05) is 18.3 Å². The second-order valence-electron chi connectivity index (χ2n) is 5.99. The summed E-state index contributed by atoms with van der Waals surface area (Å²) in [6, 6.07) is 5.71. The predicted octanol–water partition coefficient (Wildman–Crippen LogP) is 3.04. The van der Waals surface area contributed by atoms with Crippen LogP contribution in [0.4, 0.5) is 5.69 Å². The topological polar surface area (TPSA) is 64.4 Å². The number of amides is 1. The molecule has 1 aromatic carbocycles. The van der Waals surface area contributed by atoms with Crippen molar-refractivity contribution in [1.82, 2.24) is 5.32 Å². The summed E-state index contributed by atoms with van der Waals surface area (Å²) in [6.07, 6.45) is 3.68.